The molecule has 1 fully saturated rings. The summed E-state index contributed by atoms with van der Waals surface area (Å²) < 4.78 is 0. The summed E-state index contributed by atoms with van der Waals surface area (Å²) in [6, 6.07) is 0.566. The van der Waals surface area contributed by atoms with Gasteiger partial charge in [0.1, 0.15) is 5.15 Å². The summed E-state index contributed by atoms with van der Waals surface area (Å²) in [7, 11) is 0. The van der Waals surface area contributed by atoms with Gasteiger partial charge in [-0.3, -0.25) is 4.90 Å². The first-order valence-corrected chi connectivity index (χ1v) is 7.58. The molecule has 1 atom stereocenters. The highest BCUT2D eigenvalue weighted by molar-refractivity contribution is 7.16. The monoisotopic (exact) mass is 293 g/mol. The topological polar surface area (TPSA) is 19.4 Å². The van der Waals surface area contributed by atoms with E-state index in [0.29, 0.717) is 17.1 Å². The first kappa shape index (κ1) is 13.4. The van der Waals surface area contributed by atoms with Crippen LogP contribution in [0.4, 0.5) is 5.13 Å². The van der Waals surface area contributed by atoms with Gasteiger partial charge in [-0.1, -0.05) is 29.9 Å². The Morgan fingerprint density at radius 1 is 1.47 bits per heavy atom. The highest BCUT2D eigenvalue weighted by Crippen LogP contribution is 2.31. The molecule has 2 heterocycles. The molecule has 96 valence electrons. The molecule has 3 nitrogen and oxygen atoms in total. The van der Waals surface area contributed by atoms with Crippen molar-refractivity contribution in [2.45, 2.75) is 25.8 Å². The summed E-state index contributed by atoms with van der Waals surface area (Å²) in [4.78, 5) is 10.2. The second-order valence-electron chi connectivity index (χ2n) is 4.27. The van der Waals surface area contributed by atoms with E-state index in [4.69, 9.17) is 23.2 Å². The van der Waals surface area contributed by atoms with Gasteiger partial charge in [0.2, 0.25) is 0 Å². The highest BCUT2D eigenvalue weighted by Gasteiger charge is 2.24. The molecule has 2 rings (SSSR count). The van der Waals surface area contributed by atoms with Crippen LogP contribution in [0.25, 0.3) is 0 Å². The van der Waals surface area contributed by atoms with Crippen molar-refractivity contribution in [3.05, 3.63) is 10.0 Å². The third-order valence-electron chi connectivity index (χ3n) is 3.20. The van der Waals surface area contributed by atoms with E-state index in [-0.39, 0.29) is 0 Å². The molecule has 0 spiro atoms. The molecule has 0 bridgehead atoms. The van der Waals surface area contributed by atoms with Crippen LogP contribution in [0.15, 0.2) is 0 Å². The minimum absolute atomic E-state index is 0.445. The highest BCUT2D eigenvalue weighted by atomic mass is 35.5. The Kier molecular flexibility index (Phi) is 4.53. The number of likely N-dealkylation sites (N-methyl/N-ethyl adjacent to an activating group) is 1. The molecule has 1 unspecified atom stereocenters. The van der Waals surface area contributed by atoms with Crippen molar-refractivity contribution in [3.63, 3.8) is 0 Å². The van der Waals surface area contributed by atoms with E-state index in [1.54, 1.807) is 11.3 Å². The minimum Gasteiger partial charge on any atom is -0.345 e. The fourth-order valence-corrected chi connectivity index (χ4v) is 3.69. The van der Waals surface area contributed by atoms with Crippen LogP contribution in [-0.4, -0.2) is 42.1 Å². The number of hydrogen-bond donors (Lipinski definition) is 0. The molecule has 0 radical (unpaired) electrons. The third-order valence-corrected chi connectivity index (χ3v) is 5.17. The first-order chi connectivity index (χ1) is 8.15. The summed E-state index contributed by atoms with van der Waals surface area (Å²) in [6.45, 7) is 8.69. The predicted molar refractivity (Wildman–Crippen MR) is 75.6 cm³/mol. The van der Waals surface area contributed by atoms with E-state index in [9.17, 15) is 0 Å². The Morgan fingerprint density at radius 2 is 2.24 bits per heavy atom. The van der Waals surface area contributed by atoms with E-state index in [0.717, 1.165) is 36.2 Å². The number of rotatable bonds is 3. The quantitative estimate of drug-likeness (QED) is 0.799. The van der Waals surface area contributed by atoms with Gasteiger partial charge in [-0.25, -0.2) is 4.98 Å². The van der Waals surface area contributed by atoms with Crippen molar-refractivity contribution in [1.29, 1.82) is 0 Å². The van der Waals surface area contributed by atoms with Crippen LogP contribution < -0.4 is 4.90 Å². The zero-order valence-electron chi connectivity index (χ0n) is 10.1. The molecule has 6 heteroatoms. The van der Waals surface area contributed by atoms with E-state index in [1.807, 2.05) is 0 Å². The van der Waals surface area contributed by atoms with Crippen LogP contribution in [0.1, 0.15) is 18.7 Å². The standard InChI is InChI=1S/C11H17Cl2N3S/c1-3-15-4-5-16(7-8(15)2)11-14-10(13)9(6-12)17-11/h8H,3-7H2,1-2H3. The molecule has 1 aromatic heterocycles. The molecule has 0 aliphatic carbocycles. The van der Waals surface area contributed by atoms with Gasteiger partial charge in [0.05, 0.1) is 10.8 Å². The van der Waals surface area contributed by atoms with E-state index in [2.05, 4.69) is 28.6 Å². The fourth-order valence-electron chi connectivity index (χ4n) is 2.18. The Labute approximate surface area is 116 Å². The van der Waals surface area contributed by atoms with Crippen molar-refractivity contribution in [2.24, 2.45) is 0 Å². The molecule has 0 saturated carbocycles. The maximum Gasteiger partial charge on any atom is 0.187 e. The number of nitrogens with zero attached hydrogens (tertiary/aromatic N) is 3. The minimum atomic E-state index is 0.445. The number of piperazine rings is 1. The second-order valence-corrected chi connectivity index (χ2v) is 5.96. The lowest BCUT2D eigenvalue weighted by atomic mass is 10.2. The molecule has 1 saturated heterocycles. The maximum atomic E-state index is 6.03. The van der Waals surface area contributed by atoms with Gasteiger partial charge in [0, 0.05) is 25.7 Å². The zero-order valence-corrected chi connectivity index (χ0v) is 12.4. The average Bonchev–Trinajstić information content (AvgIpc) is 2.70. The second kappa shape index (κ2) is 5.74. The van der Waals surface area contributed by atoms with E-state index < -0.39 is 0 Å². The summed E-state index contributed by atoms with van der Waals surface area (Å²) in [5.74, 6) is 0.445. The zero-order chi connectivity index (χ0) is 12.4. The largest absolute Gasteiger partial charge is 0.345 e. The Bertz CT molecular complexity index is 383. The average molecular weight is 294 g/mol. The van der Waals surface area contributed by atoms with Gasteiger partial charge < -0.3 is 4.90 Å². The summed E-state index contributed by atoms with van der Waals surface area (Å²) in [5, 5.41) is 1.57. The van der Waals surface area contributed by atoms with Crippen LogP contribution in [0.5, 0.6) is 0 Å². The molecule has 0 N–H and O–H groups in total. The molecule has 1 aliphatic rings. The molecule has 1 aromatic rings. The van der Waals surface area contributed by atoms with Gasteiger partial charge in [-0.2, -0.15) is 0 Å². The molecule has 1 aliphatic heterocycles. The van der Waals surface area contributed by atoms with Gasteiger partial charge in [0.15, 0.2) is 5.13 Å². The first-order valence-electron chi connectivity index (χ1n) is 5.85. The molecule has 0 amide bonds. The molecular formula is C11H17Cl2N3S. The Hall–Kier alpha value is -0.0300. The number of hydrogen-bond acceptors (Lipinski definition) is 4. The fraction of sp³-hybridized carbons (Fsp3) is 0.727. The third kappa shape index (κ3) is 2.87. The van der Waals surface area contributed by atoms with Gasteiger partial charge in [0.25, 0.3) is 0 Å². The number of alkyl halides is 1. The molecule has 17 heavy (non-hydrogen) atoms. The van der Waals surface area contributed by atoms with Crippen molar-refractivity contribution in [2.75, 3.05) is 31.1 Å². The number of anilines is 1. The van der Waals surface area contributed by atoms with Crippen molar-refractivity contribution < 1.29 is 0 Å². The Balaban J connectivity index is 2.08. The lowest BCUT2D eigenvalue weighted by molar-refractivity contribution is 0.199. The SMILES string of the molecule is CCN1CCN(c2nc(Cl)c(CCl)s2)CC1C. The van der Waals surface area contributed by atoms with Crippen molar-refractivity contribution in [1.82, 2.24) is 9.88 Å². The van der Waals surface area contributed by atoms with E-state index in [1.165, 1.54) is 0 Å². The summed E-state index contributed by atoms with van der Waals surface area (Å²) in [5.41, 5.74) is 0. The van der Waals surface area contributed by atoms with Crippen LogP contribution in [-0.2, 0) is 5.88 Å². The van der Waals surface area contributed by atoms with Crippen LogP contribution in [0.2, 0.25) is 5.15 Å². The predicted octanol–water partition coefficient (Wildman–Crippen LogP) is 3.07. The van der Waals surface area contributed by atoms with Gasteiger partial charge in [-0.15, -0.1) is 11.6 Å². The van der Waals surface area contributed by atoms with Gasteiger partial charge in [-0.05, 0) is 13.5 Å². The van der Waals surface area contributed by atoms with Crippen LogP contribution in [0, 0.1) is 0 Å². The normalized spacial score (nSPS) is 22.1. The number of thiazole rings is 1. The molecular weight excluding hydrogens is 277 g/mol. The molecule has 0 aromatic carbocycles. The van der Waals surface area contributed by atoms with Crippen LogP contribution in [0.3, 0.4) is 0 Å². The summed E-state index contributed by atoms with van der Waals surface area (Å²) in [6.07, 6.45) is 0. The summed E-state index contributed by atoms with van der Waals surface area (Å²) >= 11 is 13.5. The van der Waals surface area contributed by atoms with Crippen LogP contribution >= 0.6 is 34.5 Å². The lowest BCUT2D eigenvalue weighted by Gasteiger charge is -2.39. The Morgan fingerprint density at radius 3 is 2.76 bits per heavy atom. The van der Waals surface area contributed by atoms with Crippen molar-refractivity contribution in [3.8, 4) is 0 Å². The van der Waals surface area contributed by atoms with E-state index >= 15 is 0 Å². The van der Waals surface area contributed by atoms with Gasteiger partial charge >= 0.3 is 0 Å². The number of aromatic nitrogens is 1. The lowest BCUT2D eigenvalue weighted by Crippen LogP contribution is -2.51. The number of halogens is 2. The van der Waals surface area contributed by atoms with Crippen molar-refractivity contribution >= 4 is 39.7 Å². The smallest absolute Gasteiger partial charge is 0.187 e. The maximum absolute atomic E-state index is 6.03.